The van der Waals surface area contributed by atoms with Gasteiger partial charge in [-0.05, 0) is 67.7 Å². The fraction of sp³-hybridized carbons (Fsp3) is 0.647. The van der Waals surface area contributed by atoms with Gasteiger partial charge in [0.15, 0.2) is 0 Å². The maximum Gasteiger partial charge on any atom is 0.0471 e. The molecule has 1 unspecified atom stereocenters. The van der Waals surface area contributed by atoms with Crippen molar-refractivity contribution in [1.29, 1.82) is 0 Å². The summed E-state index contributed by atoms with van der Waals surface area (Å²) in [6, 6.07) is 8.35. The zero-order chi connectivity index (χ0) is 13.9. The molecule has 1 saturated heterocycles. The highest BCUT2D eigenvalue weighted by molar-refractivity contribution is 6.30. The number of hydrogen-bond acceptors (Lipinski definition) is 2. The van der Waals surface area contributed by atoms with Crippen LogP contribution in [0.4, 0.5) is 0 Å². The first kappa shape index (κ1) is 14.4. The predicted octanol–water partition coefficient (Wildman–Crippen LogP) is 3.54. The summed E-state index contributed by atoms with van der Waals surface area (Å²) in [6.45, 7) is 3.90. The van der Waals surface area contributed by atoms with Crippen LogP contribution < -0.4 is 0 Å². The number of piperidine rings is 1. The maximum atomic E-state index is 9.29. The third kappa shape index (κ3) is 3.36. The third-order valence-electron chi connectivity index (χ3n) is 4.95. The Morgan fingerprint density at radius 1 is 1.15 bits per heavy atom. The van der Waals surface area contributed by atoms with Gasteiger partial charge >= 0.3 is 0 Å². The molecule has 0 spiro atoms. The zero-order valence-corrected chi connectivity index (χ0v) is 12.7. The van der Waals surface area contributed by atoms with Crippen molar-refractivity contribution in [2.75, 3.05) is 26.2 Å². The van der Waals surface area contributed by atoms with Gasteiger partial charge in [-0.1, -0.05) is 23.7 Å². The first-order valence-electron chi connectivity index (χ1n) is 7.83. The molecule has 0 bridgehead atoms. The van der Waals surface area contributed by atoms with Crippen LogP contribution in [0.25, 0.3) is 0 Å². The third-order valence-corrected chi connectivity index (χ3v) is 5.21. The van der Waals surface area contributed by atoms with E-state index in [1.165, 1.54) is 44.3 Å². The number of aliphatic hydroxyl groups is 1. The molecule has 1 aromatic rings. The van der Waals surface area contributed by atoms with Gasteiger partial charge in [0, 0.05) is 24.7 Å². The summed E-state index contributed by atoms with van der Waals surface area (Å²) >= 11 is 5.94. The molecular weight excluding hydrogens is 270 g/mol. The van der Waals surface area contributed by atoms with Crippen LogP contribution in [0.1, 0.15) is 37.2 Å². The summed E-state index contributed by atoms with van der Waals surface area (Å²) in [6.07, 6.45) is 5.06. The van der Waals surface area contributed by atoms with Crippen molar-refractivity contribution in [1.82, 2.24) is 4.90 Å². The number of hydrogen-bond donors (Lipinski definition) is 1. The van der Waals surface area contributed by atoms with Crippen molar-refractivity contribution in [3.63, 3.8) is 0 Å². The van der Waals surface area contributed by atoms with Crippen LogP contribution in [0.15, 0.2) is 24.3 Å². The first-order valence-corrected chi connectivity index (χ1v) is 8.21. The molecular formula is C17H24ClNO. The van der Waals surface area contributed by atoms with Crippen LogP contribution in [0, 0.1) is 11.8 Å². The van der Waals surface area contributed by atoms with E-state index in [1.54, 1.807) is 0 Å². The molecule has 0 amide bonds. The number of rotatable bonds is 4. The lowest BCUT2D eigenvalue weighted by Gasteiger charge is -2.41. The number of aliphatic hydroxyl groups excluding tert-OH is 1. The average molecular weight is 294 g/mol. The predicted molar refractivity (Wildman–Crippen MR) is 83.2 cm³/mol. The molecule has 1 N–H and O–H groups in total. The van der Waals surface area contributed by atoms with Crippen LogP contribution in [-0.4, -0.2) is 36.2 Å². The smallest absolute Gasteiger partial charge is 0.0471 e. The average Bonchev–Trinajstić information content (AvgIpc) is 2.44. The summed E-state index contributed by atoms with van der Waals surface area (Å²) in [5, 5.41) is 10.1. The molecule has 2 fully saturated rings. The lowest BCUT2D eigenvalue weighted by molar-refractivity contribution is 0.0869. The maximum absolute atomic E-state index is 9.29. The molecule has 1 aliphatic heterocycles. The molecule has 1 atom stereocenters. The van der Waals surface area contributed by atoms with Gasteiger partial charge in [-0.2, -0.15) is 0 Å². The van der Waals surface area contributed by atoms with E-state index >= 15 is 0 Å². The van der Waals surface area contributed by atoms with Gasteiger partial charge < -0.3 is 10.0 Å². The molecule has 20 heavy (non-hydrogen) atoms. The van der Waals surface area contributed by atoms with Crippen molar-refractivity contribution in [2.45, 2.75) is 31.6 Å². The number of benzene rings is 1. The van der Waals surface area contributed by atoms with Gasteiger partial charge in [0.2, 0.25) is 0 Å². The Kier molecular flexibility index (Phi) is 4.65. The first-order chi connectivity index (χ1) is 9.74. The molecule has 2 aliphatic rings. The second kappa shape index (κ2) is 6.46. The van der Waals surface area contributed by atoms with Gasteiger partial charge in [-0.25, -0.2) is 0 Å². The Balaban J connectivity index is 1.45. The van der Waals surface area contributed by atoms with Gasteiger partial charge in [-0.15, -0.1) is 0 Å². The molecule has 3 heteroatoms. The van der Waals surface area contributed by atoms with Gasteiger partial charge in [0.05, 0.1) is 0 Å². The Hall–Kier alpha value is -0.570. The van der Waals surface area contributed by atoms with E-state index in [1.807, 2.05) is 12.1 Å². The van der Waals surface area contributed by atoms with E-state index in [0.29, 0.717) is 12.5 Å². The zero-order valence-electron chi connectivity index (χ0n) is 12.0. The highest BCUT2D eigenvalue weighted by Crippen LogP contribution is 2.42. The van der Waals surface area contributed by atoms with E-state index in [4.69, 9.17) is 11.6 Å². The highest BCUT2D eigenvalue weighted by atomic mass is 35.5. The highest BCUT2D eigenvalue weighted by Gasteiger charge is 2.32. The molecule has 1 saturated carbocycles. The second-order valence-corrected chi connectivity index (χ2v) is 6.97. The van der Waals surface area contributed by atoms with Crippen molar-refractivity contribution in [3.8, 4) is 0 Å². The number of halogens is 1. The largest absolute Gasteiger partial charge is 0.396 e. The summed E-state index contributed by atoms with van der Waals surface area (Å²) < 4.78 is 0. The molecule has 1 aromatic carbocycles. The van der Waals surface area contributed by atoms with Crippen molar-refractivity contribution in [2.24, 2.45) is 11.8 Å². The molecule has 0 aromatic heterocycles. The van der Waals surface area contributed by atoms with E-state index in [-0.39, 0.29) is 0 Å². The Bertz CT molecular complexity index is 427. The fourth-order valence-corrected chi connectivity index (χ4v) is 3.85. The van der Waals surface area contributed by atoms with Gasteiger partial charge in [0.1, 0.15) is 0 Å². The summed E-state index contributed by atoms with van der Waals surface area (Å²) in [5.41, 5.74) is 1.44. The van der Waals surface area contributed by atoms with Gasteiger partial charge in [0.25, 0.3) is 0 Å². The Morgan fingerprint density at radius 2 is 1.90 bits per heavy atom. The summed E-state index contributed by atoms with van der Waals surface area (Å²) in [4.78, 5) is 2.56. The molecule has 1 aliphatic carbocycles. The lowest BCUT2D eigenvalue weighted by atomic mass is 9.71. The Labute approximate surface area is 126 Å². The second-order valence-electron chi connectivity index (χ2n) is 6.54. The number of likely N-dealkylation sites (tertiary alicyclic amines) is 1. The van der Waals surface area contributed by atoms with Crippen molar-refractivity contribution < 1.29 is 5.11 Å². The van der Waals surface area contributed by atoms with Crippen LogP contribution in [-0.2, 0) is 0 Å². The minimum atomic E-state index is 0.356. The molecule has 3 rings (SSSR count). The molecule has 2 nitrogen and oxygen atoms in total. The van der Waals surface area contributed by atoms with Crippen molar-refractivity contribution in [3.05, 3.63) is 34.9 Å². The monoisotopic (exact) mass is 293 g/mol. The topological polar surface area (TPSA) is 23.5 Å². The van der Waals surface area contributed by atoms with Crippen molar-refractivity contribution >= 4 is 11.6 Å². The molecule has 110 valence electrons. The van der Waals surface area contributed by atoms with Crippen LogP contribution in [0.3, 0.4) is 0 Å². The minimum Gasteiger partial charge on any atom is -0.396 e. The van der Waals surface area contributed by atoms with Crippen LogP contribution in [0.5, 0.6) is 0 Å². The summed E-state index contributed by atoms with van der Waals surface area (Å²) in [5.74, 6) is 2.08. The fourth-order valence-electron chi connectivity index (χ4n) is 3.72. The molecule has 0 radical (unpaired) electrons. The lowest BCUT2D eigenvalue weighted by Crippen LogP contribution is -2.42. The van der Waals surface area contributed by atoms with E-state index in [0.717, 1.165) is 23.4 Å². The van der Waals surface area contributed by atoms with E-state index in [2.05, 4.69) is 17.0 Å². The van der Waals surface area contributed by atoms with Crippen LogP contribution >= 0.6 is 11.6 Å². The quantitative estimate of drug-likeness (QED) is 0.918. The van der Waals surface area contributed by atoms with Crippen LogP contribution in [0.2, 0.25) is 5.02 Å². The summed E-state index contributed by atoms with van der Waals surface area (Å²) in [7, 11) is 0. The molecule has 1 heterocycles. The minimum absolute atomic E-state index is 0.356. The standard InChI is InChI=1S/C17H24ClNO/c18-17-5-3-15(4-6-17)16-8-14(9-16)11-19-7-1-2-13(10-19)12-20/h3-6,13-14,16,20H,1-2,7-12H2. The SMILES string of the molecule is OCC1CCCN(CC2CC(c3ccc(Cl)cc3)C2)C1. The Morgan fingerprint density at radius 3 is 2.60 bits per heavy atom. The normalized spacial score (nSPS) is 31.0. The van der Waals surface area contributed by atoms with Gasteiger partial charge in [-0.3, -0.25) is 0 Å². The number of nitrogens with zero attached hydrogens (tertiary/aromatic N) is 1. The van der Waals surface area contributed by atoms with E-state index in [9.17, 15) is 5.11 Å². The van der Waals surface area contributed by atoms with E-state index < -0.39 is 0 Å².